The predicted molar refractivity (Wildman–Crippen MR) is 181 cm³/mol. The molecule has 44 heavy (non-hydrogen) atoms. The third-order valence-corrected chi connectivity index (χ3v) is 7.48. The van der Waals surface area contributed by atoms with E-state index < -0.39 is 5.97 Å². The topological polar surface area (TPSA) is 64.3 Å². The number of rotatable bonds is 10. The lowest BCUT2D eigenvalue weighted by Gasteiger charge is -2.25. The molecule has 4 nitrogen and oxygen atoms in total. The molecule has 0 atom stereocenters. The molecule has 0 aromatic heterocycles. The molecule has 0 spiro atoms. The molecule has 0 amide bonds. The minimum atomic E-state index is -1.22. The summed E-state index contributed by atoms with van der Waals surface area (Å²) in [6.07, 6.45) is 6.47. The highest BCUT2D eigenvalue weighted by atomic mass is 16.4. The quantitative estimate of drug-likeness (QED) is 0.173. The summed E-state index contributed by atoms with van der Waals surface area (Å²) in [7, 11) is 0. The normalized spacial score (nSPS) is 10.4. The number of hydrogen-bond donors (Lipinski definition) is 1. The first-order valence-electron chi connectivity index (χ1n) is 14.8. The number of anilines is 2. The molecule has 0 saturated heterocycles. The molecule has 0 bridgehead atoms. The van der Waals surface area contributed by atoms with E-state index >= 15 is 0 Å². The van der Waals surface area contributed by atoms with Crippen LogP contribution in [-0.2, 0) is 4.79 Å². The van der Waals surface area contributed by atoms with Crippen LogP contribution in [0.15, 0.2) is 133 Å². The number of benzene rings is 5. The third kappa shape index (κ3) is 7.40. The first-order valence-corrected chi connectivity index (χ1v) is 14.8. The highest BCUT2D eigenvalue weighted by Gasteiger charge is 2.10. The standard InChI is InChI=1S/C40H34N2O2/c1-2-3-26-42(36-22-16-31(17-23-36)27-30-14-20-35(21-15-30)39(29-41)40(43)44)37-24-18-32(19-25-37)28-38(33-10-6-4-7-11-33)34-12-8-5-9-13-34/h4-25,27-28H,2-3,26H2,1H3,(H,43,44). The van der Waals surface area contributed by atoms with Gasteiger partial charge in [-0.1, -0.05) is 123 Å². The van der Waals surface area contributed by atoms with Gasteiger partial charge in [-0.2, -0.15) is 5.26 Å². The van der Waals surface area contributed by atoms with E-state index in [0.29, 0.717) is 5.22 Å². The Morgan fingerprint density at radius 2 is 1.25 bits per heavy atom. The molecule has 0 aliphatic rings. The lowest BCUT2D eigenvalue weighted by atomic mass is 9.95. The fourth-order valence-corrected chi connectivity index (χ4v) is 5.13. The van der Waals surface area contributed by atoms with Crippen molar-refractivity contribution in [1.82, 2.24) is 0 Å². The van der Waals surface area contributed by atoms with E-state index in [1.165, 1.54) is 16.7 Å². The van der Waals surface area contributed by atoms with Crippen LogP contribution in [0.3, 0.4) is 0 Å². The summed E-state index contributed by atoms with van der Waals surface area (Å²) in [5.41, 5.74) is 7.75. The highest BCUT2D eigenvalue weighted by Crippen LogP contribution is 2.29. The van der Waals surface area contributed by atoms with Gasteiger partial charge in [0.25, 0.3) is 0 Å². The van der Waals surface area contributed by atoms with Crippen molar-refractivity contribution in [2.45, 2.75) is 19.8 Å². The van der Waals surface area contributed by atoms with Gasteiger partial charge >= 0.3 is 5.97 Å². The monoisotopic (exact) mass is 574 g/mol. The summed E-state index contributed by atoms with van der Waals surface area (Å²) >= 11 is 0. The Hall–Kier alpha value is -5.66. The van der Waals surface area contributed by atoms with Gasteiger partial charge in [0.15, 0.2) is 0 Å². The van der Waals surface area contributed by atoms with E-state index in [1.54, 1.807) is 18.2 Å². The zero-order valence-corrected chi connectivity index (χ0v) is 24.7. The van der Waals surface area contributed by atoms with Crippen molar-refractivity contribution in [3.63, 3.8) is 0 Å². The van der Waals surface area contributed by atoms with Crippen molar-refractivity contribution in [3.8, 4) is 6.07 Å². The van der Waals surface area contributed by atoms with Crippen LogP contribution in [0.5, 0.6) is 0 Å². The third-order valence-electron chi connectivity index (χ3n) is 7.48. The van der Waals surface area contributed by atoms with Crippen molar-refractivity contribution >= 4 is 40.6 Å². The van der Waals surface area contributed by atoms with Gasteiger partial charge in [0.1, 0.15) is 11.6 Å². The fraction of sp³-hybridized carbons (Fsp3) is 0.100. The average Bonchev–Trinajstić information content (AvgIpc) is 3.07. The van der Waals surface area contributed by atoms with Crippen molar-refractivity contribution in [3.05, 3.63) is 166 Å². The smallest absolute Gasteiger partial charge is 0.347 e. The van der Waals surface area contributed by atoms with Gasteiger partial charge in [0.2, 0.25) is 0 Å². The van der Waals surface area contributed by atoms with E-state index in [1.807, 2.05) is 30.3 Å². The van der Waals surface area contributed by atoms with Crippen molar-refractivity contribution < 1.29 is 9.90 Å². The van der Waals surface area contributed by atoms with Crippen LogP contribution in [0.25, 0.3) is 23.3 Å². The molecular weight excluding hydrogens is 540 g/mol. The van der Waals surface area contributed by atoms with Gasteiger partial charge in [-0.25, -0.2) is 4.79 Å². The molecule has 5 rings (SSSR count). The van der Waals surface area contributed by atoms with Crippen molar-refractivity contribution in [2.24, 2.45) is 0 Å². The number of hydrogen-bond acceptors (Lipinski definition) is 3. The summed E-state index contributed by atoms with van der Waals surface area (Å²) in [5.74, 6) is -1.22. The van der Waals surface area contributed by atoms with E-state index in [2.05, 4.69) is 115 Å². The molecular formula is C40H34N2O2. The Balaban J connectivity index is 1.41. The number of carbonyl (C=O) groups is 1. The van der Waals surface area contributed by atoms with Crippen LogP contribution in [-0.4, -0.2) is 17.6 Å². The maximum Gasteiger partial charge on any atom is 0.347 e. The lowest BCUT2D eigenvalue weighted by Crippen LogP contribution is -2.18. The Labute approximate surface area is 258 Å². The molecule has 5 aromatic carbocycles. The van der Waals surface area contributed by atoms with E-state index in [-0.39, 0.29) is 5.57 Å². The highest BCUT2D eigenvalue weighted by molar-refractivity contribution is 6.14. The Kier molecular flexibility index (Phi) is 9.82. The minimum Gasteiger partial charge on any atom is -0.477 e. The Morgan fingerprint density at radius 3 is 1.73 bits per heavy atom. The minimum absolute atomic E-state index is 0.259. The average molecular weight is 575 g/mol. The predicted octanol–water partition coefficient (Wildman–Crippen LogP) is 7.80. The maximum atomic E-state index is 11.3. The summed E-state index contributed by atoms with van der Waals surface area (Å²) < 4.78 is 0. The first-order chi connectivity index (χ1) is 21.6. The van der Waals surface area contributed by atoms with Crippen LogP contribution in [0.4, 0.5) is 11.4 Å². The van der Waals surface area contributed by atoms with Crippen LogP contribution in [0.2, 0.25) is 0 Å². The molecule has 0 fully saturated rings. The SMILES string of the molecule is CCCCN(c1ccc(C=C(c2ccccc2)c2ccccc2)cc1)c1ccc(C=c2ccc(=C(C#N)C(=O)O)cc2)cc1. The van der Waals surface area contributed by atoms with Gasteiger partial charge in [0.05, 0.1) is 0 Å². The zero-order valence-electron chi connectivity index (χ0n) is 24.7. The molecule has 0 radical (unpaired) electrons. The number of carboxylic acids is 1. The van der Waals surface area contributed by atoms with Gasteiger partial charge in [-0.05, 0) is 81.1 Å². The molecule has 0 aliphatic carbocycles. The Morgan fingerprint density at radius 1 is 0.727 bits per heavy atom. The summed E-state index contributed by atoms with van der Waals surface area (Å²) in [5, 5.41) is 19.6. The van der Waals surface area contributed by atoms with Gasteiger partial charge in [0, 0.05) is 17.9 Å². The molecule has 0 heterocycles. The second kappa shape index (κ2) is 14.5. The van der Waals surface area contributed by atoms with Crippen LogP contribution >= 0.6 is 0 Å². The number of aliphatic carboxylic acids is 1. The molecule has 216 valence electrons. The molecule has 4 heteroatoms. The number of nitriles is 1. The van der Waals surface area contributed by atoms with Crippen molar-refractivity contribution in [1.29, 1.82) is 5.26 Å². The molecule has 1 N–H and O–H groups in total. The number of carboxylic acid groups (broad SMARTS) is 1. The van der Waals surface area contributed by atoms with E-state index in [4.69, 9.17) is 5.26 Å². The zero-order chi connectivity index (χ0) is 30.7. The first kappa shape index (κ1) is 29.8. The summed E-state index contributed by atoms with van der Waals surface area (Å²) in [4.78, 5) is 13.6. The second-order valence-corrected chi connectivity index (χ2v) is 10.5. The lowest BCUT2D eigenvalue weighted by molar-refractivity contribution is -0.130. The van der Waals surface area contributed by atoms with Gasteiger partial charge < -0.3 is 10.0 Å². The molecule has 0 aliphatic heterocycles. The van der Waals surface area contributed by atoms with Gasteiger partial charge in [-0.3, -0.25) is 0 Å². The van der Waals surface area contributed by atoms with E-state index in [9.17, 15) is 9.90 Å². The summed E-state index contributed by atoms with van der Waals surface area (Å²) in [6.45, 7) is 3.12. The number of unbranched alkanes of at least 4 members (excludes halogenated alkanes) is 1. The van der Waals surface area contributed by atoms with Crippen LogP contribution in [0, 0.1) is 11.3 Å². The molecule has 5 aromatic rings. The van der Waals surface area contributed by atoms with Gasteiger partial charge in [-0.15, -0.1) is 0 Å². The number of nitrogens with zero attached hydrogens (tertiary/aromatic N) is 2. The van der Waals surface area contributed by atoms with Crippen LogP contribution in [0.1, 0.15) is 42.0 Å². The largest absolute Gasteiger partial charge is 0.477 e. The van der Waals surface area contributed by atoms with Crippen LogP contribution < -0.4 is 15.3 Å². The molecule has 0 unspecified atom stereocenters. The fourth-order valence-electron chi connectivity index (χ4n) is 5.13. The van der Waals surface area contributed by atoms with Crippen molar-refractivity contribution in [2.75, 3.05) is 11.4 Å². The molecule has 0 saturated carbocycles. The second-order valence-electron chi connectivity index (χ2n) is 10.5. The maximum absolute atomic E-state index is 11.3. The van der Waals surface area contributed by atoms with E-state index in [0.717, 1.165) is 47.1 Å². The Bertz CT molecular complexity index is 1840. The summed E-state index contributed by atoms with van der Waals surface area (Å²) in [6, 6.07) is 47.0.